The maximum Gasteiger partial charge on any atom is 0.293 e. The molecule has 0 atom stereocenters. The molecule has 0 fully saturated rings. The first-order valence-electron chi connectivity index (χ1n) is 10.3. The van der Waals surface area contributed by atoms with Crippen LogP contribution in [0.2, 0.25) is 5.02 Å². The summed E-state index contributed by atoms with van der Waals surface area (Å²) in [6.45, 7) is 3.99. The first kappa shape index (κ1) is 23.6. The van der Waals surface area contributed by atoms with Crippen molar-refractivity contribution in [1.29, 1.82) is 0 Å². The highest BCUT2D eigenvalue weighted by Crippen LogP contribution is 2.32. The van der Waals surface area contributed by atoms with Crippen LogP contribution in [-0.4, -0.2) is 34.1 Å². The van der Waals surface area contributed by atoms with Gasteiger partial charge in [-0.05, 0) is 36.4 Å². The second kappa shape index (κ2) is 10.1. The second-order valence-corrected chi connectivity index (χ2v) is 9.41. The minimum absolute atomic E-state index is 0.00612. The molecule has 34 heavy (non-hydrogen) atoms. The molecule has 2 aromatic carbocycles. The lowest BCUT2D eigenvalue weighted by Crippen LogP contribution is -2.19. The molecule has 0 radical (unpaired) electrons. The molecule has 0 bridgehead atoms. The molecule has 2 heterocycles. The Morgan fingerprint density at radius 3 is 2.50 bits per heavy atom. The number of carbonyl (C=O) groups is 2. The van der Waals surface area contributed by atoms with Crippen molar-refractivity contribution in [2.75, 3.05) is 17.7 Å². The van der Waals surface area contributed by atoms with E-state index in [4.69, 9.17) is 20.8 Å². The van der Waals surface area contributed by atoms with Gasteiger partial charge in [0.1, 0.15) is 17.0 Å². The van der Waals surface area contributed by atoms with E-state index in [2.05, 4.69) is 20.6 Å². The average Bonchev–Trinajstić information content (AvgIpc) is 3.19. The van der Waals surface area contributed by atoms with Crippen LogP contribution in [0.4, 0.5) is 11.4 Å². The topological polar surface area (TPSA) is 106 Å². The van der Waals surface area contributed by atoms with Gasteiger partial charge < -0.3 is 19.8 Å². The van der Waals surface area contributed by atoms with Gasteiger partial charge in [-0.15, -0.1) is 0 Å². The fraction of sp³-hybridized carbons (Fsp3) is 0.167. The number of methoxy groups -OCH3 is 1. The summed E-state index contributed by atoms with van der Waals surface area (Å²) >= 11 is 7.62. The number of amides is 2. The highest BCUT2D eigenvalue weighted by molar-refractivity contribution is 7.99. The van der Waals surface area contributed by atoms with Crippen molar-refractivity contribution in [3.05, 3.63) is 71.2 Å². The number of hydrogen-bond acceptors (Lipinski definition) is 7. The molecule has 0 unspecified atom stereocenters. The van der Waals surface area contributed by atoms with Crippen LogP contribution >= 0.6 is 23.4 Å². The van der Waals surface area contributed by atoms with Crippen LogP contribution in [0.15, 0.2) is 64.3 Å². The lowest BCUT2D eigenvalue weighted by molar-refractivity contribution is 0.0999. The number of furan rings is 1. The lowest BCUT2D eigenvalue weighted by Gasteiger charge is -2.09. The van der Waals surface area contributed by atoms with Crippen molar-refractivity contribution < 1.29 is 18.7 Å². The van der Waals surface area contributed by atoms with Gasteiger partial charge in [-0.3, -0.25) is 9.59 Å². The Balaban J connectivity index is 1.66. The number of thioether (sulfide) groups is 1. The number of anilines is 2. The molecule has 0 aliphatic carbocycles. The highest BCUT2D eigenvalue weighted by atomic mass is 35.5. The molecule has 0 aliphatic rings. The zero-order valence-electron chi connectivity index (χ0n) is 18.6. The summed E-state index contributed by atoms with van der Waals surface area (Å²) in [5.74, 6) is -0.497. The maximum absolute atomic E-state index is 13.1. The first-order valence-corrected chi connectivity index (χ1v) is 11.6. The summed E-state index contributed by atoms with van der Waals surface area (Å²) in [7, 11) is 1.56. The summed E-state index contributed by atoms with van der Waals surface area (Å²) in [5.41, 5.74) is 1.21. The smallest absolute Gasteiger partial charge is 0.293 e. The summed E-state index contributed by atoms with van der Waals surface area (Å²) in [4.78, 5) is 34.7. The number of aromatic nitrogens is 2. The molecule has 0 aliphatic heterocycles. The van der Waals surface area contributed by atoms with Crippen molar-refractivity contribution in [3.63, 3.8) is 0 Å². The van der Waals surface area contributed by atoms with Gasteiger partial charge >= 0.3 is 0 Å². The van der Waals surface area contributed by atoms with Crippen LogP contribution in [0.25, 0.3) is 11.0 Å². The van der Waals surface area contributed by atoms with Gasteiger partial charge in [0, 0.05) is 16.3 Å². The minimum atomic E-state index is -0.581. The molecule has 174 valence electrons. The Morgan fingerprint density at radius 1 is 1.06 bits per heavy atom. The monoisotopic (exact) mass is 496 g/mol. The Hall–Kier alpha value is -3.56. The molecule has 10 heteroatoms. The predicted octanol–water partition coefficient (Wildman–Crippen LogP) is 5.89. The van der Waals surface area contributed by atoms with Gasteiger partial charge in [0.25, 0.3) is 11.8 Å². The number of carbonyl (C=O) groups excluding carboxylic acids is 2. The zero-order chi connectivity index (χ0) is 24.2. The molecule has 8 nitrogen and oxygen atoms in total. The quantitative estimate of drug-likeness (QED) is 0.242. The van der Waals surface area contributed by atoms with E-state index in [1.54, 1.807) is 55.6 Å². The van der Waals surface area contributed by atoms with E-state index in [1.807, 2.05) is 13.8 Å². The third kappa shape index (κ3) is 5.16. The van der Waals surface area contributed by atoms with Crippen LogP contribution in [0.5, 0.6) is 5.75 Å². The SMILES string of the molecule is COc1ccc(NC(=O)c2oc3ccccc3c2NC(=O)c2nc(SC(C)C)ncc2Cl)cc1. The molecule has 2 amide bonds. The lowest BCUT2D eigenvalue weighted by atomic mass is 10.2. The Bertz CT molecular complexity index is 1360. The van der Waals surface area contributed by atoms with Gasteiger partial charge in [0.05, 0.1) is 18.3 Å². The number of rotatable bonds is 7. The number of para-hydroxylation sites is 1. The summed E-state index contributed by atoms with van der Waals surface area (Å²) < 4.78 is 10.9. The number of ether oxygens (including phenoxy) is 1. The molecule has 0 spiro atoms. The van der Waals surface area contributed by atoms with Gasteiger partial charge in [-0.25, -0.2) is 9.97 Å². The Labute approximate surface area is 205 Å². The van der Waals surface area contributed by atoms with E-state index < -0.39 is 11.8 Å². The minimum Gasteiger partial charge on any atom is -0.497 e. The van der Waals surface area contributed by atoms with E-state index in [0.717, 1.165) is 0 Å². The predicted molar refractivity (Wildman–Crippen MR) is 133 cm³/mol. The summed E-state index contributed by atoms with van der Waals surface area (Å²) in [5, 5.41) is 6.85. The Morgan fingerprint density at radius 2 is 1.79 bits per heavy atom. The highest BCUT2D eigenvalue weighted by Gasteiger charge is 2.24. The fourth-order valence-electron chi connectivity index (χ4n) is 3.14. The van der Waals surface area contributed by atoms with Crippen LogP contribution in [0.3, 0.4) is 0 Å². The molecule has 0 saturated carbocycles. The van der Waals surface area contributed by atoms with E-state index >= 15 is 0 Å². The number of benzene rings is 2. The second-order valence-electron chi connectivity index (χ2n) is 7.45. The average molecular weight is 497 g/mol. The summed E-state index contributed by atoms with van der Waals surface area (Å²) in [6, 6.07) is 13.9. The van der Waals surface area contributed by atoms with Gasteiger partial charge in [-0.2, -0.15) is 0 Å². The Kier molecular flexibility index (Phi) is 7.04. The summed E-state index contributed by atoms with van der Waals surface area (Å²) in [6.07, 6.45) is 1.39. The number of hydrogen-bond donors (Lipinski definition) is 2. The number of halogens is 1. The third-order valence-electron chi connectivity index (χ3n) is 4.67. The van der Waals surface area contributed by atoms with Crippen molar-refractivity contribution in [2.24, 2.45) is 0 Å². The van der Waals surface area contributed by atoms with Crippen molar-refractivity contribution in [3.8, 4) is 5.75 Å². The van der Waals surface area contributed by atoms with Gasteiger partial charge in [-0.1, -0.05) is 49.3 Å². The zero-order valence-corrected chi connectivity index (χ0v) is 20.2. The van der Waals surface area contributed by atoms with Crippen LogP contribution in [0.1, 0.15) is 34.9 Å². The van der Waals surface area contributed by atoms with Crippen LogP contribution < -0.4 is 15.4 Å². The number of fused-ring (bicyclic) bond motifs is 1. The standard InChI is InChI=1S/C24H21ClN4O4S/c1-13(2)34-24-26-12-17(25)20(29-24)22(30)28-19-16-6-4-5-7-18(16)33-21(19)23(31)27-14-8-10-15(32-3)11-9-14/h4-13H,1-3H3,(H,27,31)(H,28,30). The molecular weight excluding hydrogens is 476 g/mol. The maximum atomic E-state index is 13.1. The molecule has 2 N–H and O–H groups in total. The molecule has 0 saturated heterocycles. The van der Waals surface area contributed by atoms with Crippen molar-refractivity contribution >= 4 is 57.5 Å². The largest absolute Gasteiger partial charge is 0.497 e. The third-order valence-corrected chi connectivity index (χ3v) is 5.82. The van der Waals surface area contributed by atoms with E-state index in [1.165, 1.54) is 18.0 Å². The van der Waals surface area contributed by atoms with Crippen LogP contribution in [-0.2, 0) is 0 Å². The number of nitrogens with one attached hydrogen (secondary N) is 2. The van der Waals surface area contributed by atoms with E-state index in [0.29, 0.717) is 27.6 Å². The van der Waals surface area contributed by atoms with Crippen molar-refractivity contribution in [2.45, 2.75) is 24.3 Å². The molecular formula is C24H21ClN4O4S. The van der Waals surface area contributed by atoms with E-state index in [9.17, 15) is 9.59 Å². The first-order chi connectivity index (χ1) is 16.4. The molecule has 2 aromatic heterocycles. The van der Waals surface area contributed by atoms with Gasteiger partial charge in [0.2, 0.25) is 5.76 Å². The fourth-order valence-corrected chi connectivity index (χ4v) is 4.00. The number of nitrogens with zero attached hydrogens (tertiary/aromatic N) is 2. The normalized spacial score (nSPS) is 11.0. The van der Waals surface area contributed by atoms with E-state index in [-0.39, 0.29) is 27.4 Å². The van der Waals surface area contributed by atoms with Gasteiger partial charge in [0.15, 0.2) is 10.9 Å². The van der Waals surface area contributed by atoms with Crippen molar-refractivity contribution in [1.82, 2.24) is 9.97 Å². The molecule has 4 rings (SSSR count). The van der Waals surface area contributed by atoms with Crippen LogP contribution in [0, 0.1) is 0 Å². The molecule has 4 aromatic rings.